The van der Waals surface area contributed by atoms with E-state index in [4.69, 9.17) is 14.5 Å². The number of aliphatic hydroxyl groups is 1. The Morgan fingerprint density at radius 3 is 3.00 bits per heavy atom. The normalized spacial score (nSPS) is 20.8. The van der Waals surface area contributed by atoms with Crippen molar-refractivity contribution in [3.63, 3.8) is 0 Å². The lowest BCUT2D eigenvalue weighted by atomic mass is 10.1. The molecule has 1 aliphatic carbocycles. The summed E-state index contributed by atoms with van der Waals surface area (Å²) in [5, 5.41) is 15.0. The molecule has 0 aromatic carbocycles. The molecule has 0 radical (unpaired) electrons. The van der Waals surface area contributed by atoms with Gasteiger partial charge in [0.2, 0.25) is 0 Å². The molecule has 29 heavy (non-hydrogen) atoms. The average molecular weight is 393 g/mol. The third-order valence-electron chi connectivity index (χ3n) is 5.25. The molecule has 0 atom stereocenters. The third-order valence-corrected chi connectivity index (χ3v) is 5.25. The Morgan fingerprint density at radius 1 is 1.21 bits per heavy atom. The third kappa shape index (κ3) is 3.63. The zero-order valence-electron chi connectivity index (χ0n) is 16.1. The average Bonchev–Trinajstić information content (AvgIpc) is 3.37. The van der Waals surface area contributed by atoms with Crippen LogP contribution in [0.25, 0.3) is 5.52 Å². The molecule has 2 aliphatic heterocycles. The molecule has 2 aromatic heterocycles. The van der Waals surface area contributed by atoms with Crippen LogP contribution in [0.3, 0.4) is 0 Å². The Balaban J connectivity index is 1.46. The molecule has 0 amide bonds. The monoisotopic (exact) mass is 393 g/mol. The van der Waals surface area contributed by atoms with Gasteiger partial charge >= 0.3 is 0 Å². The number of hydrogen-bond acceptors (Lipinski definition) is 7. The smallest absolute Gasteiger partial charge is 0.260 e. The fraction of sp³-hybridized carbons (Fsp3) is 0.381. The summed E-state index contributed by atoms with van der Waals surface area (Å²) in [6, 6.07) is 5.77. The van der Waals surface area contributed by atoms with Crippen LogP contribution in [-0.4, -0.2) is 70.4 Å². The Hall–Kier alpha value is -3.13. The minimum Gasteiger partial charge on any atom is -0.506 e. The van der Waals surface area contributed by atoms with Gasteiger partial charge < -0.3 is 14.6 Å². The number of rotatable bonds is 5. The minimum absolute atomic E-state index is 0.0521. The Kier molecular flexibility index (Phi) is 4.77. The number of aliphatic hydroxyl groups excluding tert-OH is 1. The number of ether oxygens (including phenoxy) is 2. The molecule has 4 heterocycles. The van der Waals surface area contributed by atoms with Crippen LogP contribution in [0.4, 0.5) is 5.69 Å². The van der Waals surface area contributed by atoms with Gasteiger partial charge in [0, 0.05) is 24.9 Å². The summed E-state index contributed by atoms with van der Waals surface area (Å²) in [7, 11) is 0. The van der Waals surface area contributed by atoms with Crippen molar-refractivity contribution < 1.29 is 14.6 Å². The van der Waals surface area contributed by atoms with Crippen molar-refractivity contribution in [3.05, 3.63) is 48.1 Å². The lowest BCUT2D eigenvalue weighted by Crippen LogP contribution is -2.25. The van der Waals surface area contributed by atoms with Gasteiger partial charge in [-0.15, -0.1) is 5.10 Å². The van der Waals surface area contributed by atoms with E-state index >= 15 is 0 Å². The Bertz CT molecular complexity index is 1040. The molecule has 0 spiro atoms. The van der Waals surface area contributed by atoms with Crippen molar-refractivity contribution in [2.75, 3.05) is 39.4 Å². The first-order valence-corrected chi connectivity index (χ1v) is 9.99. The van der Waals surface area contributed by atoms with Gasteiger partial charge in [0.25, 0.3) is 5.88 Å². The molecule has 150 valence electrons. The van der Waals surface area contributed by atoms with Crippen LogP contribution in [0, 0.1) is 0 Å². The van der Waals surface area contributed by atoms with Crippen LogP contribution >= 0.6 is 0 Å². The molecule has 8 heteroatoms. The van der Waals surface area contributed by atoms with E-state index in [1.165, 1.54) is 12.8 Å². The second-order valence-electron chi connectivity index (χ2n) is 7.23. The lowest BCUT2D eigenvalue weighted by Gasteiger charge is -2.19. The van der Waals surface area contributed by atoms with E-state index in [0.717, 1.165) is 25.2 Å². The van der Waals surface area contributed by atoms with E-state index in [0.29, 0.717) is 48.5 Å². The van der Waals surface area contributed by atoms with Gasteiger partial charge in [-0.2, -0.15) is 0 Å². The van der Waals surface area contributed by atoms with Gasteiger partial charge in [-0.1, -0.05) is 6.07 Å². The summed E-state index contributed by atoms with van der Waals surface area (Å²) in [6.45, 7) is 4.78. The topological polar surface area (TPSA) is 84.0 Å². The molecule has 0 unspecified atom stereocenters. The number of nitrogens with zero attached hydrogens (tertiary/aromatic N) is 5. The van der Waals surface area contributed by atoms with Crippen LogP contribution in [0.1, 0.15) is 12.8 Å². The van der Waals surface area contributed by atoms with Gasteiger partial charge in [0.1, 0.15) is 36.2 Å². The van der Waals surface area contributed by atoms with Gasteiger partial charge in [-0.05, 0) is 38.1 Å². The minimum atomic E-state index is 0.0521. The van der Waals surface area contributed by atoms with Crippen LogP contribution < -0.4 is 4.74 Å². The fourth-order valence-electron chi connectivity index (χ4n) is 3.76. The predicted molar refractivity (Wildman–Crippen MR) is 111 cm³/mol. The van der Waals surface area contributed by atoms with Crippen molar-refractivity contribution in [2.45, 2.75) is 12.8 Å². The fourth-order valence-corrected chi connectivity index (χ4v) is 3.76. The van der Waals surface area contributed by atoms with Crippen molar-refractivity contribution in [1.82, 2.24) is 14.5 Å². The van der Waals surface area contributed by atoms with Crippen LogP contribution in [-0.2, 0) is 4.74 Å². The largest absolute Gasteiger partial charge is 0.506 e. The molecule has 1 N–H and O–H groups in total. The van der Waals surface area contributed by atoms with Gasteiger partial charge in [-0.25, -0.2) is 9.51 Å². The van der Waals surface area contributed by atoms with E-state index in [2.05, 4.69) is 15.0 Å². The molecular weight excluding hydrogens is 370 g/mol. The molecular formula is C21H23N5O3. The Labute approximate surface area is 168 Å². The maximum Gasteiger partial charge on any atom is 0.260 e. The van der Waals surface area contributed by atoms with Crippen molar-refractivity contribution in [2.24, 2.45) is 9.98 Å². The molecule has 5 rings (SSSR count). The number of fused-ring (bicyclic) bond motifs is 2. The van der Waals surface area contributed by atoms with Gasteiger partial charge in [0.15, 0.2) is 5.69 Å². The first-order valence-electron chi connectivity index (χ1n) is 9.99. The number of pyridine rings is 1. The van der Waals surface area contributed by atoms with Gasteiger partial charge in [-0.3, -0.25) is 9.89 Å². The summed E-state index contributed by atoms with van der Waals surface area (Å²) in [5.74, 6) is 1.13. The molecule has 0 bridgehead atoms. The summed E-state index contributed by atoms with van der Waals surface area (Å²) in [4.78, 5) is 11.5. The SMILES string of the molecule is OC1=CC2=NCCOC2=C/C1=N\c1c(OCCN2CCCC2)nn2ccccc12. The first kappa shape index (κ1) is 17.9. The summed E-state index contributed by atoms with van der Waals surface area (Å²) >= 11 is 0. The zero-order valence-corrected chi connectivity index (χ0v) is 16.1. The maximum absolute atomic E-state index is 10.5. The quantitative estimate of drug-likeness (QED) is 0.790. The van der Waals surface area contributed by atoms with E-state index in [-0.39, 0.29) is 5.76 Å². The Morgan fingerprint density at radius 2 is 2.10 bits per heavy atom. The highest BCUT2D eigenvalue weighted by Gasteiger charge is 2.22. The standard InChI is InChI=1S/C21H23N5O3/c27-18-13-16-19(28-11-6-22-16)14-15(18)23-20-17-5-1-2-9-26(17)24-21(20)29-12-10-25-7-3-4-8-25/h1-2,5,9,13-14,27H,3-4,6-8,10-12H2/b23-15+. The second kappa shape index (κ2) is 7.71. The van der Waals surface area contributed by atoms with E-state index < -0.39 is 0 Å². The number of allylic oxidation sites excluding steroid dienone is 2. The molecule has 8 nitrogen and oxygen atoms in total. The highest BCUT2D eigenvalue weighted by molar-refractivity contribution is 6.22. The predicted octanol–water partition coefficient (Wildman–Crippen LogP) is 2.69. The highest BCUT2D eigenvalue weighted by Crippen LogP contribution is 2.33. The molecule has 0 saturated carbocycles. The lowest BCUT2D eigenvalue weighted by molar-refractivity contribution is 0.231. The van der Waals surface area contributed by atoms with E-state index in [9.17, 15) is 5.11 Å². The van der Waals surface area contributed by atoms with Crippen molar-refractivity contribution in [3.8, 4) is 5.88 Å². The van der Waals surface area contributed by atoms with E-state index in [1.54, 1.807) is 16.7 Å². The summed E-state index contributed by atoms with van der Waals surface area (Å²) in [5.41, 5.74) is 2.46. The maximum atomic E-state index is 10.5. The number of hydrogen-bond donors (Lipinski definition) is 1. The van der Waals surface area contributed by atoms with Gasteiger partial charge in [0.05, 0.1) is 12.1 Å². The first-order chi connectivity index (χ1) is 14.3. The molecule has 3 aliphatic rings. The van der Waals surface area contributed by atoms with Crippen LogP contribution in [0.15, 0.2) is 58.1 Å². The number of likely N-dealkylation sites (tertiary alicyclic amines) is 1. The highest BCUT2D eigenvalue weighted by atomic mass is 16.5. The van der Waals surface area contributed by atoms with Crippen molar-refractivity contribution in [1.29, 1.82) is 0 Å². The van der Waals surface area contributed by atoms with Crippen LogP contribution in [0.2, 0.25) is 0 Å². The molecule has 1 fully saturated rings. The summed E-state index contributed by atoms with van der Waals surface area (Å²) < 4.78 is 13.4. The summed E-state index contributed by atoms with van der Waals surface area (Å²) in [6.07, 6.45) is 7.67. The van der Waals surface area contributed by atoms with Crippen LogP contribution in [0.5, 0.6) is 5.88 Å². The second-order valence-corrected chi connectivity index (χ2v) is 7.23. The van der Waals surface area contributed by atoms with E-state index in [1.807, 2.05) is 24.4 Å². The molecule has 2 aromatic rings. The van der Waals surface area contributed by atoms with Crippen molar-refractivity contribution >= 4 is 22.6 Å². The zero-order chi connectivity index (χ0) is 19.6. The number of aromatic nitrogens is 2. The number of aliphatic imine (C=N–C) groups is 2. The molecule has 1 saturated heterocycles.